The minimum absolute atomic E-state index is 0.0852. The predicted octanol–water partition coefficient (Wildman–Crippen LogP) is 3.34. The first kappa shape index (κ1) is 18.9. The van der Waals surface area contributed by atoms with E-state index < -0.39 is 17.9 Å². The van der Waals surface area contributed by atoms with Gasteiger partial charge in [0.05, 0.1) is 19.8 Å². The Morgan fingerprint density at radius 3 is 2.18 bits per heavy atom. The summed E-state index contributed by atoms with van der Waals surface area (Å²) < 4.78 is 14.7. The lowest BCUT2D eigenvalue weighted by Crippen LogP contribution is -2.16. The van der Waals surface area contributed by atoms with Crippen molar-refractivity contribution < 1.29 is 33.7 Å². The molecule has 1 N–H and O–H groups in total. The SMILES string of the molecule is COC(=O)c1cccc(OC(=O)c2ccc3ccccc3c2O)c1C(=O)OC. The van der Waals surface area contributed by atoms with Gasteiger partial charge in [-0.2, -0.15) is 0 Å². The summed E-state index contributed by atoms with van der Waals surface area (Å²) in [4.78, 5) is 36.8. The molecule has 142 valence electrons. The molecule has 7 heteroatoms. The van der Waals surface area contributed by atoms with Crippen LogP contribution >= 0.6 is 0 Å². The van der Waals surface area contributed by atoms with Crippen LogP contribution in [0.1, 0.15) is 31.1 Å². The smallest absolute Gasteiger partial charge is 0.347 e. The molecular weight excluding hydrogens is 364 g/mol. The van der Waals surface area contributed by atoms with Crippen molar-refractivity contribution in [2.75, 3.05) is 14.2 Å². The van der Waals surface area contributed by atoms with E-state index in [1.807, 2.05) is 0 Å². The van der Waals surface area contributed by atoms with Crippen LogP contribution in [0.2, 0.25) is 0 Å². The Hall–Kier alpha value is -3.87. The summed E-state index contributed by atoms with van der Waals surface area (Å²) in [5, 5.41) is 11.7. The summed E-state index contributed by atoms with van der Waals surface area (Å²) in [6.07, 6.45) is 0. The van der Waals surface area contributed by atoms with E-state index in [9.17, 15) is 19.5 Å². The molecular formula is C21H16O7. The number of rotatable bonds is 4. The number of phenols is 1. The highest BCUT2D eigenvalue weighted by molar-refractivity contribution is 6.07. The first-order valence-electron chi connectivity index (χ1n) is 8.20. The van der Waals surface area contributed by atoms with E-state index in [0.29, 0.717) is 5.39 Å². The van der Waals surface area contributed by atoms with Crippen LogP contribution in [-0.2, 0) is 9.47 Å². The summed E-state index contributed by atoms with van der Waals surface area (Å²) in [5.41, 5.74) is -0.439. The standard InChI is InChI=1S/C21H16O7/c1-26-19(23)14-8-5-9-16(17(14)21(25)27-2)28-20(24)15-11-10-12-6-3-4-7-13(12)18(15)22/h3-11,22H,1-2H3. The van der Waals surface area contributed by atoms with Gasteiger partial charge in [0.1, 0.15) is 22.6 Å². The van der Waals surface area contributed by atoms with Crippen LogP contribution < -0.4 is 4.74 Å². The fourth-order valence-electron chi connectivity index (χ4n) is 2.78. The zero-order chi connectivity index (χ0) is 20.3. The average Bonchev–Trinajstić information content (AvgIpc) is 2.72. The molecule has 0 aliphatic carbocycles. The first-order chi connectivity index (χ1) is 13.5. The highest BCUT2D eigenvalue weighted by Gasteiger charge is 2.26. The van der Waals surface area contributed by atoms with Crippen LogP contribution in [0.25, 0.3) is 10.8 Å². The van der Waals surface area contributed by atoms with E-state index in [1.165, 1.54) is 24.3 Å². The van der Waals surface area contributed by atoms with Crippen LogP contribution in [0.3, 0.4) is 0 Å². The maximum absolute atomic E-state index is 12.6. The molecule has 0 spiro atoms. The summed E-state index contributed by atoms with van der Waals surface area (Å²) in [7, 11) is 2.30. The summed E-state index contributed by atoms with van der Waals surface area (Å²) >= 11 is 0. The van der Waals surface area contributed by atoms with Crippen molar-refractivity contribution in [1.82, 2.24) is 0 Å². The number of aromatic hydroxyl groups is 1. The van der Waals surface area contributed by atoms with E-state index in [4.69, 9.17) is 9.47 Å². The first-order valence-corrected chi connectivity index (χ1v) is 8.20. The molecule has 0 unspecified atom stereocenters. The Balaban J connectivity index is 2.04. The molecule has 3 aromatic carbocycles. The Labute approximate surface area is 160 Å². The van der Waals surface area contributed by atoms with Crippen molar-refractivity contribution >= 4 is 28.7 Å². The van der Waals surface area contributed by atoms with E-state index >= 15 is 0 Å². The second-order valence-corrected chi connectivity index (χ2v) is 5.73. The third-order valence-electron chi connectivity index (χ3n) is 4.14. The van der Waals surface area contributed by atoms with Gasteiger partial charge in [-0.15, -0.1) is 0 Å². The maximum atomic E-state index is 12.6. The molecule has 0 heterocycles. The number of hydrogen-bond donors (Lipinski definition) is 1. The minimum Gasteiger partial charge on any atom is -0.506 e. The van der Waals surface area contributed by atoms with Gasteiger partial charge in [0, 0.05) is 5.39 Å². The normalized spacial score (nSPS) is 10.4. The monoisotopic (exact) mass is 380 g/mol. The molecule has 3 aromatic rings. The lowest BCUT2D eigenvalue weighted by atomic mass is 10.0. The van der Waals surface area contributed by atoms with Gasteiger partial charge in [-0.3, -0.25) is 0 Å². The number of carbonyl (C=O) groups is 3. The molecule has 0 amide bonds. The van der Waals surface area contributed by atoms with Gasteiger partial charge in [-0.1, -0.05) is 36.4 Å². The number of carbonyl (C=O) groups excluding carboxylic acids is 3. The zero-order valence-corrected chi connectivity index (χ0v) is 15.1. The fourth-order valence-corrected chi connectivity index (χ4v) is 2.78. The summed E-state index contributed by atoms with van der Waals surface area (Å²) in [5.74, 6) is -2.98. The molecule has 0 aliphatic heterocycles. The minimum atomic E-state index is -0.893. The van der Waals surface area contributed by atoms with E-state index in [1.54, 1.807) is 30.3 Å². The maximum Gasteiger partial charge on any atom is 0.347 e. The van der Waals surface area contributed by atoms with Crippen molar-refractivity contribution in [2.24, 2.45) is 0 Å². The lowest BCUT2D eigenvalue weighted by Gasteiger charge is -2.13. The Bertz CT molecular complexity index is 1090. The van der Waals surface area contributed by atoms with Gasteiger partial charge in [-0.25, -0.2) is 14.4 Å². The van der Waals surface area contributed by atoms with Crippen LogP contribution in [0.5, 0.6) is 11.5 Å². The lowest BCUT2D eigenvalue weighted by molar-refractivity contribution is 0.0547. The highest BCUT2D eigenvalue weighted by atomic mass is 16.5. The number of hydrogen-bond acceptors (Lipinski definition) is 7. The number of ether oxygens (including phenoxy) is 3. The summed E-state index contributed by atoms with van der Waals surface area (Å²) in [6, 6.07) is 14.2. The number of esters is 3. The summed E-state index contributed by atoms with van der Waals surface area (Å²) in [6.45, 7) is 0. The fraction of sp³-hybridized carbons (Fsp3) is 0.0952. The zero-order valence-electron chi connectivity index (χ0n) is 15.1. The quantitative estimate of drug-likeness (QED) is 0.547. The second-order valence-electron chi connectivity index (χ2n) is 5.73. The van der Waals surface area contributed by atoms with Crippen LogP contribution in [0.15, 0.2) is 54.6 Å². The van der Waals surface area contributed by atoms with Crippen molar-refractivity contribution in [1.29, 1.82) is 0 Å². The molecule has 0 fully saturated rings. The van der Waals surface area contributed by atoms with Crippen molar-refractivity contribution in [2.45, 2.75) is 0 Å². The van der Waals surface area contributed by atoms with Gasteiger partial charge < -0.3 is 19.3 Å². The molecule has 0 atom stereocenters. The van der Waals surface area contributed by atoms with Gasteiger partial charge in [0.15, 0.2) is 0 Å². The molecule has 0 aliphatic rings. The van der Waals surface area contributed by atoms with Crippen molar-refractivity contribution in [3.8, 4) is 11.5 Å². The average molecular weight is 380 g/mol. The molecule has 0 aromatic heterocycles. The highest BCUT2D eigenvalue weighted by Crippen LogP contribution is 2.31. The van der Waals surface area contributed by atoms with Crippen molar-refractivity contribution in [3.05, 3.63) is 71.3 Å². The Morgan fingerprint density at radius 2 is 1.46 bits per heavy atom. The van der Waals surface area contributed by atoms with E-state index in [0.717, 1.165) is 19.6 Å². The molecule has 0 saturated heterocycles. The Morgan fingerprint density at radius 1 is 0.750 bits per heavy atom. The predicted molar refractivity (Wildman–Crippen MR) is 99.7 cm³/mol. The van der Waals surface area contributed by atoms with E-state index in [2.05, 4.69) is 4.74 Å². The van der Waals surface area contributed by atoms with E-state index in [-0.39, 0.29) is 28.2 Å². The van der Waals surface area contributed by atoms with Crippen LogP contribution in [0, 0.1) is 0 Å². The Kier molecular flexibility index (Phi) is 5.26. The van der Waals surface area contributed by atoms with Gasteiger partial charge in [0.2, 0.25) is 0 Å². The van der Waals surface area contributed by atoms with Gasteiger partial charge in [-0.05, 0) is 23.6 Å². The number of benzene rings is 3. The van der Waals surface area contributed by atoms with Crippen LogP contribution in [-0.4, -0.2) is 37.2 Å². The number of methoxy groups -OCH3 is 2. The largest absolute Gasteiger partial charge is 0.506 e. The topological polar surface area (TPSA) is 99.1 Å². The number of fused-ring (bicyclic) bond motifs is 1. The molecule has 3 rings (SSSR count). The molecule has 0 radical (unpaired) electrons. The molecule has 0 bridgehead atoms. The van der Waals surface area contributed by atoms with Crippen LogP contribution in [0.4, 0.5) is 0 Å². The number of phenolic OH excluding ortho intramolecular Hbond substituents is 1. The molecule has 7 nitrogen and oxygen atoms in total. The molecule has 0 saturated carbocycles. The second kappa shape index (κ2) is 7.79. The van der Waals surface area contributed by atoms with Gasteiger partial charge in [0.25, 0.3) is 0 Å². The van der Waals surface area contributed by atoms with Gasteiger partial charge >= 0.3 is 17.9 Å². The third-order valence-corrected chi connectivity index (χ3v) is 4.14. The van der Waals surface area contributed by atoms with Crippen molar-refractivity contribution in [3.63, 3.8) is 0 Å². The third kappa shape index (κ3) is 3.37. The molecule has 28 heavy (non-hydrogen) atoms.